The van der Waals surface area contributed by atoms with Gasteiger partial charge in [-0.05, 0) is 128 Å². The van der Waals surface area contributed by atoms with E-state index in [1.165, 1.54) is 55.6 Å². The summed E-state index contributed by atoms with van der Waals surface area (Å²) in [5, 5.41) is 0. The quantitative estimate of drug-likeness (QED) is 0.128. The molecular formula is C59H53O3P3. The van der Waals surface area contributed by atoms with Crippen molar-refractivity contribution in [2.75, 3.05) is 31.3 Å². The molecule has 4 atom stereocenters. The van der Waals surface area contributed by atoms with E-state index in [1.54, 1.807) is 6.66 Å². The van der Waals surface area contributed by atoms with E-state index in [4.69, 9.17) is 9.05 Å². The highest BCUT2D eigenvalue weighted by Gasteiger charge is 2.41. The Balaban J connectivity index is 1.10. The third-order valence-electron chi connectivity index (χ3n) is 14.0. The van der Waals surface area contributed by atoms with Crippen molar-refractivity contribution in [3.63, 3.8) is 0 Å². The molecule has 65 heavy (non-hydrogen) atoms. The Labute approximate surface area is 387 Å². The summed E-state index contributed by atoms with van der Waals surface area (Å²) < 4.78 is 27.9. The Hall–Kier alpha value is -5.55. The first-order valence-corrected chi connectivity index (χ1v) is 28.8. The maximum atomic E-state index is 14.6. The van der Waals surface area contributed by atoms with Gasteiger partial charge in [0, 0.05) is 11.1 Å². The molecule has 2 fully saturated rings. The summed E-state index contributed by atoms with van der Waals surface area (Å²) in [6, 6.07) is 75.1. The van der Waals surface area contributed by atoms with Crippen molar-refractivity contribution < 1.29 is 13.6 Å². The van der Waals surface area contributed by atoms with Crippen molar-refractivity contribution in [3.05, 3.63) is 240 Å². The summed E-state index contributed by atoms with van der Waals surface area (Å²) in [4.78, 5) is 0. The van der Waals surface area contributed by atoms with E-state index >= 15 is 0 Å². The van der Waals surface area contributed by atoms with Gasteiger partial charge in [0.25, 0.3) is 0 Å². The molecule has 0 radical (unpaired) electrons. The highest BCUT2D eigenvalue weighted by Crippen LogP contribution is 2.65. The number of benzene rings is 8. The van der Waals surface area contributed by atoms with E-state index in [2.05, 4.69) is 206 Å². The Morgan fingerprint density at radius 2 is 0.677 bits per heavy atom. The van der Waals surface area contributed by atoms with Gasteiger partial charge in [0.15, 0.2) is 0 Å². The summed E-state index contributed by atoms with van der Waals surface area (Å²) in [5.41, 5.74) is 15.2. The summed E-state index contributed by atoms with van der Waals surface area (Å²) in [5.74, 6) is 3.03. The molecule has 0 N–H and O–H groups in total. The van der Waals surface area contributed by atoms with Crippen LogP contribution in [0.25, 0.3) is 33.4 Å². The Morgan fingerprint density at radius 3 is 0.969 bits per heavy atom. The zero-order chi connectivity index (χ0) is 43.7. The Bertz CT molecular complexity index is 2650. The summed E-state index contributed by atoms with van der Waals surface area (Å²) in [6.45, 7) is 1.63. The van der Waals surface area contributed by atoms with Crippen LogP contribution in [0.5, 0.6) is 11.5 Å². The van der Waals surface area contributed by atoms with Gasteiger partial charge in [-0.1, -0.05) is 194 Å². The summed E-state index contributed by atoms with van der Waals surface area (Å²) >= 11 is 0. The molecule has 2 saturated heterocycles. The molecule has 3 aliphatic rings. The van der Waals surface area contributed by atoms with Crippen molar-refractivity contribution in [1.29, 1.82) is 0 Å². The largest absolute Gasteiger partial charge is 0.427 e. The van der Waals surface area contributed by atoms with Crippen LogP contribution in [0.3, 0.4) is 0 Å². The molecule has 8 aromatic rings. The molecule has 6 heteroatoms. The fourth-order valence-electron chi connectivity index (χ4n) is 11.1. The number of hydrogen-bond donors (Lipinski definition) is 0. The molecule has 322 valence electrons. The molecule has 3 heterocycles. The van der Waals surface area contributed by atoms with Crippen LogP contribution in [-0.2, 0) is 16.9 Å². The van der Waals surface area contributed by atoms with Gasteiger partial charge >= 0.3 is 7.60 Å². The normalized spacial score (nSPS) is 20.3. The lowest BCUT2D eigenvalue weighted by Gasteiger charge is -2.25. The third-order valence-corrected chi connectivity index (χ3v) is 20.2. The SMILES string of the molecule is CP1(=O)Oc2ccc(-c3ccccc3)c(CP3C[C@@H](c4ccccc4)[C@H](c4ccccc4)C3)c2-c2c(ccc(-c3ccccc3)c2CP2C[C@@H](c3ccccc3)[C@H](c3ccccc3)C2)O1. The minimum atomic E-state index is -3.57. The topological polar surface area (TPSA) is 35.5 Å². The van der Waals surface area contributed by atoms with Crippen molar-refractivity contribution >= 4 is 23.4 Å². The maximum absolute atomic E-state index is 14.6. The summed E-state index contributed by atoms with van der Waals surface area (Å²) in [6.07, 6.45) is 6.38. The van der Waals surface area contributed by atoms with Gasteiger partial charge in [-0.15, -0.1) is 15.8 Å². The molecule has 3 nitrogen and oxygen atoms in total. The van der Waals surface area contributed by atoms with Crippen LogP contribution in [-0.4, -0.2) is 31.3 Å². The second-order valence-electron chi connectivity index (χ2n) is 18.1. The molecule has 0 bridgehead atoms. The second kappa shape index (κ2) is 18.4. The van der Waals surface area contributed by atoms with Crippen LogP contribution >= 0.6 is 23.4 Å². The molecule has 0 saturated carbocycles. The Kier molecular flexibility index (Phi) is 11.9. The van der Waals surface area contributed by atoms with Gasteiger partial charge in [-0.2, -0.15) is 0 Å². The van der Waals surface area contributed by atoms with Crippen molar-refractivity contribution in [3.8, 4) is 44.9 Å². The standard InChI is InChI=1S/C59H53O3P3/c1-65(60)61-56-34-32-48(42-20-8-2-9-21-42)54(40-63-36-50(44-24-12-4-13-25-44)51(37-63)45-26-14-5-15-27-45)58(56)59-55(49(33-35-57(59)62-65)43-22-10-3-11-23-43)41-64-38-52(46-28-16-6-17-29-46)53(39-64)47-30-18-7-19-31-47/h2-35,50-53H,36-41H2,1H3/t50-,51-,52-,53-/m0/s1. The van der Waals surface area contributed by atoms with Crippen LogP contribution < -0.4 is 9.05 Å². The second-order valence-corrected chi connectivity index (χ2v) is 24.8. The molecule has 0 spiro atoms. The smallest absolute Gasteiger partial charge is 0.416 e. The van der Waals surface area contributed by atoms with Gasteiger partial charge in [0.2, 0.25) is 0 Å². The molecule has 11 rings (SSSR count). The first-order chi connectivity index (χ1) is 32.0. The number of rotatable bonds is 10. The lowest BCUT2D eigenvalue weighted by atomic mass is 9.84. The van der Waals surface area contributed by atoms with Crippen LogP contribution in [0.15, 0.2) is 206 Å². The van der Waals surface area contributed by atoms with Gasteiger partial charge < -0.3 is 9.05 Å². The van der Waals surface area contributed by atoms with Crippen molar-refractivity contribution in [1.82, 2.24) is 0 Å². The highest BCUT2D eigenvalue weighted by molar-refractivity contribution is 7.57. The van der Waals surface area contributed by atoms with Crippen molar-refractivity contribution in [2.24, 2.45) is 0 Å². The average molecular weight is 903 g/mol. The van der Waals surface area contributed by atoms with Gasteiger partial charge in [0.1, 0.15) is 11.5 Å². The minimum Gasteiger partial charge on any atom is -0.416 e. The molecule has 0 aromatic heterocycles. The van der Waals surface area contributed by atoms with Gasteiger partial charge in [-0.3, -0.25) is 0 Å². The zero-order valence-electron chi connectivity index (χ0n) is 36.7. The lowest BCUT2D eigenvalue weighted by molar-refractivity contribution is 0.399. The van der Waals surface area contributed by atoms with Crippen LogP contribution in [0, 0.1) is 0 Å². The fourth-order valence-corrected chi connectivity index (χ4v) is 18.6. The molecule has 0 unspecified atom stereocenters. The van der Waals surface area contributed by atoms with Gasteiger partial charge in [-0.25, -0.2) is 4.57 Å². The predicted molar refractivity (Wildman–Crippen MR) is 275 cm³/mol. The molecule has 0 aliphatic carbocycles. The number of hydrogen-bond acceptors (Lipinski definition) is 3. The van der Waals surface area contributed by atoms with Crippen LogP contribution in [0.1, 0.15) is 57.1 Å². The molecule has 0 amide bonds. The van der Waals surface area contributed by atoms with Crippen molar-refractivity contribution in [2.45, 2.75) is 36.0 Å². The zero-order valence-corrected chi connectivity index (χ0v) is 39.4. The molecule has 8 aromatic carbocycles. The summed E-state index contributed by atoms with van der Waals surface area (Å²) in [7, 11) is -4.55. The average Bonchev–Trinajstić information content (AvgIpc) is 3.95. The van der Waals surface area contributed by atoms with E-state index in [0.717, 1.165) is 48.1 Å². The maximum Gasteiger partial charge on any atom is 0.427 e. The van der Waals surface area contributed by atoms with E-state index < -0.39 is 23.4 Å². The first kappa shape index (κ1) is 42.1. The lowest BCUT2D eigenvalue weighted by Crippen LogP contribution is -2.08. The van der Waals surface area contributed by atoms with E-state index in [9.17, 15) is 4.57 Å². The first-order valence-electron chi connectivity index (χ1n) is 23.0. The monoisotopic (exact) mass is 902 g/mol. The molecule has 3 aliphatic heterocycles. The van der Waals surface area contributed by atoms with E-state index in [1.807, 2.05) is 0 Å². The third kappa shape index (κ3) is 8.68. The van der Waals surface area contributed by atoms with Crippen LogP contribution in [0.4, 0.5) is 0 Å². The minimum absolute atomic E-state index is 0.426. The Morgan fingerprint density at radius 1 is 0.400 bits per heavy atom. The van der Waals surface area contributed by atoms with Crippen LogP contribution in [0.2, 0.25) is 0 Å². The fraction of sp³-hybridized carbons (Fsp3) is 0.186. The van der Waals surface area contributed by atoms with Gasteiger partial charge in [0.05, 0.1) is 6.66 Å². The predicted octanol–water partition coefficient (Wildman–Crippen LogP) is 16.4. The highest BCUT2D eigenvalue weighted by atomic mass is 31.2. The number of fused-ring (bicyclic) bond motifs is 3. The van der Waals surface area contributed by atoms with E-state index in [0.29, 0.717) is 35.2 Å². The molecular weight excluding hydrogens is 850 g/mol. The van der Waals surface area contributed by atoms with E-state index in [-0.39, 0.29) is 0 Å².